The highest BCUT2D eigenvalue weighted by Gasteiger charge is 2.62. The number of hydrogen-bond acceptors (Lipinski definition) is 2. The molecule has 0 saturated carbocycles. The van der Waals surface area contributed by atoms with Crippen LogP contribution in [-0.4, -0.2) is 11.3 Å². The second-order valence-corrected chi connectivity index (χ2v) is 15.9. The number of nitrogens with zero attached hydrogens (tertiary/aromatic N) is 3. The fourth-order valence-corrected chi connectivity index (χ4v) is 10.9. The first-order valence-electron chi connectivity index (χ1n) is 19.7. The highest BCUT2D eigenvalue weighted by atomic mass is 15.3. The molecular formula is C52H38BN3. The molecule has 0 radical (unpaired) electrons. The molecule has 4 heteroatoms. The number of benzene rings is 8. The molecule has 0 N–H and O–H groups in total. The van der Waals surface area contributed by atoms with Gasteiger partial charge in [0.2, 0.25) is 0 Å². The molecule has 2 atom stereocenters. The van der Waals surface area contributed by atoms with Crippen LogP contribution in [0.1, 0.15) is 30.5 Å². The first-order chi connectivity index (χ1) is 27.6. The summed E-state index contributed by atoms with van der Waals surface area (Å²) < 4.78 is 2.58. The van der Waals surface area contributed by atoms with E-state index in [-0.39, 0.29) is 6.71 Å². The van der Waals surface area contributed by atoms with Crippen LogP contribution in [0.4, 0.5) is 28.4 Å². The third-order valence-corrected chi connectivity index (χ3v) is 13.5. The van der Waals surface area contributed by atoms with E-state index in [1.165, 1.54) is 71.9 Å². The Kier molecular flexibility index (Phi) is 6.41. The third-order valence-electron chi connectivity index (χ3n) is 13.5. The Hall–Kier alpha value is -6.78. The average Bonchev–Trinajstić information content (AvgIpc) is 3.71. The van der Waals surface area contributed by atoms with Crippen LogP contribution in [0.5, 0.6) is 0 Å². The second-order valence-electron chi connectivity index (χ2n) is 15.9. The minimum atomic E-state index is -0.499. The van der Waals surface area contributed by atoms with Gasteiger partial charge in [-0.05, 0) is 89.4 Å². The van der Waals surface area contributed by atoms with Crippen molar-refractivity contribution in [2.45, 2.75) is 24.8 Å². The van der Waals surface area contributed by atoms with Crippen LogP contribution in [-0.2, 0) is 11.0 Å². The smallest absolute Gasteiger partial charge is 0.252 e. The molecule has 0 spiro atoms. The largest absolute Gasteiger partial charge is 0.331 e. The molecule has 3 nitrogen and oxygen atoms in total. The minimum absolute atomic E-state index is 0.0563. The molecule has 4 heterocycles. The molecule has 3 aliphatic rings. The van der Waals surface area contributed by atoms with Gasteiger partial charge < -0.3 is 14.4 Å². The van der Waals surface area contributed by atoms with E-state index in [0.29, 0.717) is 0 Å². The lowest BCUT2D eigenvalue weighted by molar-refractivity contribution is 0.336. The molecule has 12 rings (SSSR count). The standard InChI is InChI=1S/C52H38BN3/c1-51(35-19-7-3-8-20-35)42-29-18-31-44-50(42)56(52(51,2)36-21-9-4-10-22-36)47-34-39(54(37-23-11-5-12-24-37)38-25-13-6-14-26-38)33-46-48(47)53(44)43-30-17-28-41-40-27-15-16-32-45(40)55(46)49(41)43/h3-34H,1-2H3. The second kappa shape index (κ2) is 11.4. The summed E-state index contributed by atoms with van der Waals surface area (Å²) in [6.45, 7) is 5.03. The van der Waals surface area contributed by atoms with E-state index >= 15 is 0 Å². The molecule has 0 amide bonds. The van der Waals surface area contributed by atoms with Crippen molar-refractivity contribution in [3.05, 3.63) is 211 Å². The van der Waals surface area contributed by atoms with Gasteiger partial charge in [-0.15, -0.1) is 0 Å². The Balaban J connectivity index is 1.27. The number of hydrogen-bond donors (Lipinski definition) is 0. The topological polar surface area (TPSA) is 11.4 Å². The van der Waals surface area contributed by atoms with Gasteiger partial charge in [-0.3, -0.25) is 0 Å². The van der Waals surface area contributed by atoms with Crippen LogP contribution in [0, 0.1) is 0 Å². The van der Waals surface area contributed by atoms with Crippen LogP contribution in [0.15, 0.2) is 194 Å². The number of rotatable bonds is 5. The Morgan fingerprint density at radius 2 is 1.04 bits per heavy atom. The summed E-state index contributed by atoms with van der Waals surface area (Å²) in [5.41, 5.74) is 16.9. The van der Waals surface area contributed by atoms with Crippen molar-refractivity contribution < 1.29 is 0 Å². The van der Waals surface area contributed by atoms with Gasteiger partial charge in [0.25, 0.3) is 6.71 Å². The normalized spacial score (nSPS) is 18.6. The molecule has 0 fully saturated rings. The van der Waals surface area contributed by atoms with Crippen molar-refractivity contribution in [1.29, 1.82) is 0 Å². The van der Waals surface area contributed by atoms with E-state index in [1.54, 1.807) is 0 Å². The zero-order chi connectivity index (χ0) is 37.2. The van der Waals surface area contributed by atoms with E-state index in [2.05, 4.69) is 222 Å². The number of fused-ring (bicyclic) bond motifs is 7. The summed E-state index contributed by atoms with van der Waals surface area (Å²) in [5.74, 6) is 0. The monoisotopic (exact) mass is 715 g/mol. The van der Waals surface area contributed by atoms with E-state index in [1.807, 2.05) is 0 Å². The van der Waals surface area contributed by atoms with E-state index < -0.39 is 11.0 Å². The quantitative estimate of drug-likeness (QED) is 0.164. The molecule has 2 unspecified atom stereocenters. The lowest BCUT2D eigenvalue weighted by atomic mass is 9.33. The first kappa shape index (κ1) is 31.6. The van der Waals surface area contributed by atoms with E-state index in [9.17, 15) is 0 Å². The fraction of sp³-hybridized carbons (Fsp3) is 0.0769. The summed E-state index contributed by atoms with van der Waals surface area (Å²) in [6.07, 6.45) is 0. The first-order valence-corrected chi connectivity index (χ1v) is 19.7. The SMILES string of the molecule is CC1(c2ccccc2)c2cccc3c2N(c2cc(N(c4ccccc4)c4ccccc4)cc4c2B3c2cccc3c5ccccc5n-4c23)C1(C)c1ccccc1. The summed E-state index contributed by atoms with van der Waals surface area (Å²) in [7, 11) is 0. The van der Waals surface area contributed by atoms with Gasteiger partial charge in [0.05, 0.1) is 16.7 Å². The molecular weight excluding hydrogens is 677 g/mol. The molecule has 56 heavy (non-hydrogen) atoms. The van der Waals surface area contributed by atoms with Crippen LogP contribution >= 0.6 is 0 Å². The van der Waals surface area contributed by atoms with Gasteiger partial charge in [0, 0.05) is 50.1 Å². The molecule has 3 aliphatic heterocycles. The number of para-hydroxylation sites is 5. The van der Waals surface area contributed by atoms with Crippen molar-refractivity contribution in [2.75, 3.05) is 9.80 Å². The van der Waals surface area contributed by atoms with Gasteiger partial charge in [-0.1, -0.05) is 152 Å². The Morgan fingerprint density at radius 3 is 1.73 bits per heavy atom. The van der Waals surface area contributed by atoms with Crippen molar-refractivity contribution >= 4 is 73.3 Å². The zero-order valence-corrected chi connectivity index (χ0v) is 31.4. The van der Waals surface area contributed by atoms with Crippen molar-refractivity contribution in [3.8, 4) is 5.69 Å². The summed E-state index contributed by atoms with van der Waals surface area (Å²) in [6, 6.07) is 72.2. The van der Waals surface area contributed by atoms with Crippen molar-refractivity contribution in [3.63, 3.8) is 0 Å². The molecule has 264 valence electrons. The molecule has 9 aromatic rings. The summed E-state index contributed by atoms with van der Waals surface area (Å²) in [4.78, 5) is 5.19. The zero-order valence-electron chi connectivity index (χ0n) is 31.4. The Labute approximate surface area is 327 Å². The molecule has 0 saturated heterocycles. The van der Waals surface area contributed by atoms with Gasteiger partial charge in [0.15, 0.2) is 0 Å². The number of anilines is 5. The van der Waals surface area contributed by atoms with Crippen LogP contribution < -0.4 is 26.2 Å². The van der Waals surface area contributed by atoms with Crippen LogP contribution in [0.3, 0.4) is 0 Å². The highest BCUT2D eigenvalue weighted by Crippen LogP contribution is 2.63. The lowest BCUT2D eigenvalue weighted by Crippen LogP contribution is -2.63. The van der Waals surface area contributed by atoms with E-state index in [4.69, 9.17) is 0 Å². The van der Waals surface area contributed by atoms with Crippen molar-refractivity contribution in [2.24, 2.45) is 0 Å². The predicted molar refractivity (Wildman–Crippen MR) is 235 cm³/mol. The lowest BCUT2D eigenvalue weighted by Gasteiger charge is -2.50. The van der Waals surface area contributed by atoms with Gasteiger partial charge in [-0.25, -0.2) is 0 Å². The minimum Gasteiger partial charge on any atom is -0.331 e. The van der Waals surface area contributed by atoms with E-state index in [0.717, 1.165) is 17.1 Å². The van der Waals surface area contributed by atoms with Gasteiger partial charge >= 0.3 is 0 Å². The Bertz CT molecular complexity index is 2970. The Morgan fingerprint density at radius 1 is 0.482 bits per heavy atom. The maximum Gasteiger partial charge on any atom is 0.252 e. The molecule has 8 aromatic carbocycles. The fourth-order valence-electron chi connectivity index (χ4n) is 10.9. The highest BCUT2D eigenvalue weighted by molar-refractivity contribution is 7.00. The summed E-state index contributed by atoms with van der Waals surface area (Å²) in [5, 5.41) is 2.59. The van der Waals surface area contributed by atoms with Crippen LogP contribution in [0.2, 0.25) is 0 Å². The molecule has 0 bridgehead atoms. The molecule has 1 aromatic heterocycles. The maximum atomic E-state index is 2.75. The summed E-state index contributed by atoms with van der Waals surface area (Å²) >= 11 is 0. The average molecular weight is 716 g/mol. The number of aromatic nitrogens is 1. The third kappa shape index (κ3) is 3.88. The predicted octanol–water partition coefficient (Wildman–Crippen LogP) is 10.8. The van der Waals surface area contributed by atoms with Crippen LogP contribution in [0.25, 0.3) is 27.5 Å². The van der Waals surface area contributed by atoms with Gasteiger partial charge in [0.1, 0.15) is 0 Å². The maximum absolute atomic E-state index is 2.75. The molecule has 0 aliphatic carbocycles. The van der Waals surface area contributed by atoms with Crippen molar-refractivity contribution in [1.82, 2.24) is 4.57 Å². The van der Waals surface area contributed by atoms with Gasteiger partial charge in [-0.2, -0.15) is 0 Å².